The van der Waals surface area contributed by atoms with Crippen LogP contribution in [0.1, 0.15) is 13.8 Å². The van der Waals surface area contributed by atoms with Crippen LogP contribution in [0.2, 0.25) is 0 Å². The van der Waals surface area contributed by atoms with Gasteiger partial charge in [-0.25, -0.2) is 0 Å². The van der Waals surface area contributed by atoms with Gasteiger partial charge in [0.15, 0.2) is 0 Å². The maximum Gasteiger partial charge on any atom is -0.0683 e. The molecule has 0 aromatic heterocycles. The van der Waals surface area contributed by atoms with Gasteiger partial charge in [0.2, 0.25) is 0 Å². The van der Waals surface area contributed by atoms with Crippen molar-refractivity contribution in [3.8, 4) is 0 Å². The summed E-state index contributed by atoms with van der Waals surface area (Å²) in [5.41, 5.74) is 0. The predicted octanol–water partition coefficient (Wildman–Crippen LogP) is 3.87. The molecule has 62 valence electrons. The second kappa shape index (κ2) is 134. The summed E-state index contributed by atoms with van der Waals surface area (Å²) in [6.07, 6.45) is 0. The van der Waals surface area contributed by atoms with Crippen LogP contribution in [-0.2, 0) is 0 Å². The number of rotatable bonds is 0. The van der Waals surface area contributed by atoms with Crippen molar-refractivity contribution in [3.63, 3.8) is 0 Å². The topological polar surface area (TPSA) is 0 Å². The van der Waals surface area contributed by atoms with Crippen molar-refractivity contribution in [1.82, 2.24) is 0 Å². The van der Waals surface area contributed by atoms with Crippen LogP contribution < -0.4 is 0 Å². The van der Waals surface area contributed by atoms with Crippen LogP contribution in [0.5, 0.6) is 0 Å². The molecule has 0 unspecified atom stereocenters. The highest BCUT2D eigenvalue weighted by Gasteiger charge is 0.932. The highest BCUT2D eigenvalue weighted by Crippen LogP contribution is 1.14. The van der Waals surface area contributed by atoms with Gasteiger partial charge in [-0.15, -0.1) is 83.6 Å². The smallest absolute Gasteiger partial charge is 0.0683 e. The molecule has 0 spiro atoms. The van der Waals surface area contributed by atoms with Crippen molar-refractivity contribution < 1.29 is 0 Å². The fraction of sp³-hybridized carbons (Fsp3) is 1.00. The maximum atomic E-state index is 2.00. The van der Waals surface area contributed by atoms with Crippen molar-refractivity contribution in [2.24, 2.45) is 0 Å². The second-order valence-electron chi connectivity index (χ2n) is 0. The molecule has 0 radical (unpaired) electrons. The predicted molar refractivity (Wildman–Crippen MR) is 61.0 cm³/mol. The Kier molecular flexibility index (Phi) is 1450. The first-order valence-corrected chi connectivity index (χ1v) is 1.00. The van der Waals surface area contributed by atoms with Crippen LogP contribution in [0.3, 0.4) is 0 Å². The van der Waals surface area contributed by atoms with Crippen LogP contribution in [0.15, 0.2) is 0 Å². The van der Waals surface area contributed by atoms with Crippen LogP contribution in [0.25, 0.3) is 0 Å². The van der Waals surface area contributed by atoms with Crippen LogP contribution in [0.4, 0.5) is 0 Å². The lowest BCUT2D eigenvalue weighted by Gasteiger charge is -1.07. The Balaban J connectivity index is -0.000000000333. The van der Waals surface area contributed by atoms with E-state index in [2.05, 4.69) is 0 Å². The molecule has 0 saturated carbocycles. The molecule has 0 N–H and O–H groups in total. The molecule has 0 aliphatic rings. The van der Waals surface area contributed by atoms with E-state index in [0.29, 0.717) is 0 Å². The molecule has 0 aliphatic carbocycles. The average Bonchev–Trinajstić information content (AvgIpc) is 1.00. The van der Waals surface area contributed by atoms with E-state index >= 15 is 0 Å². The van der Waals surface area contributed by atoms with E-state index < -0.39 is 0 Å². The summed E-state index contributed by atoms with van der Waals surface area (Å²) in [4.78, 5) is 0. The number of halogens is 6. The summed E-state index contributed by atoms with van der Waals surface area (Å²) in [6, 6.07) is 0. The Labute approximate surface area is 96.7 Å². The highest BCUT2D eigenvalue weighted by molar-refractivity contribution is 8.93. The quantitative estimate of drug-likeness (QED) is 0.629. The van der Waals surface area contributed by atoms with Crippen molar-refractivity contribution in [1.29, 1.82) is 0 Å². The molecule has 0 bridgehead atoms. The summed E-state index contributed by atoms with van der Waals surface area (Å²) in [5, 5.41) is 0. The highest BCUT2D eigenvalue weighted by atomic mass is 79.9. The van der Waals surface area contributed by atoms with E-state index in [9.17, 15) is 0 Å². The first kappa shape index (κ1) is 86.5. The Morgan fingerprint density at radius 3 is 0.500 bits per heavy atom. The summed E-state index contributed by atoms with van der Waals surface area (Å²) in [6.45, 7) is 4.00. The SMILES string of the molecule is Br.Br.CC.Cl.Cl.Cl.Cl. The summed E-state index contributed by atoms with van der Waals surface area (Å²) < 4.78 is 0. The third-order valence-electron chi connectivity index (χ3n) is 0. The molecule has 0 heterocycles. The van der Waals surface area contributed by atoms with E-state index in [1.807, 2.05) is 13.8 Å². The van der Waals surface area contributed by atoms with Gasteiger partial charge in [-0.3, -0.25) is 0 Å². The number of hydrogen-bond donors (Lipinski definition) is 0. The zero-order chi connectivity index (χ0) is 2.00. The van der Waals surface area contributed by atoms with Gasteiger partial charge in [0.05, 0.1) is 0 Å². The fourth-order valence-electron chi connectivity index (χ4n) is 0. The van der Waals surface area contributed by atoms with Gasteiger partial charge in [-0.1, -0.05) is 13.8 Å². The molecule has 0 aliphatic heterocycles. The Bertz CT molecular complexity index is 12.0. The lowest BCUT2D eigenvalue weighted by atomic mass is 11.0. The maximum absolute atomic E-state index is 2.00. The summed E-state index contributed by atoms with van der Waals surface area (Å²) >= 11 is 0. The van der Waals surface area contributed by atoms with E-state index in [1.165, 1.54) is 0 Å². The molecule has 0 aromatic rings. The minimum absolute atomic E-state index is 0. The van der Waals surface area contributed by atoms with Gasteiger partial charge in [-0.2, -0.15) is 0 Å². The molecule has 0 aromatic carbocycles. The lowest BCUT2D eigenvalue weighted by Crippen LogP contribution is -0.856. The van der Waals surface area contributed by atoms with Gasteiger partial charge in [0, 0.05) is 0 Å². The zero-order valence-corrected chi connectivity index (χ0v) is 11.1. The van der Waals surface area contributed by atoms with Crippen molar-refractivity contribution in [2.75, 3.05) is 0 Å². The Morgan fingerprint density at radius 1 is 0.500 bits per heavy atom. The second-order valence-corrected chi connectivity index (χ2v) is 0. The molecule has 8 heavy (non-hydrogen) atoms. The van der Waals surface area contributed by atoms with Crippen LogP contribution >= 0.6 is 83.6 Å². The minimum atomic E-state index is 0. The monoisotopic (exact) mass is 334 g/mol. The largest absolute Gasteiger partial charge is 0.147 e. The molecule has 0 saturated heterocycles. The molecule has 6 heteroatoms. The molecule has 0 fully saturated rings. The molecule has 0 amide bonds. The first-order chi connectivity index (χ1) is 1.00. The fourth-order valence-corrected chi connectivity index (χ4v) is 0. The third kappa shape index (κ3) is 91.6. The molecular weight excluding hydrogens is 326 g/mol. The van der Waals surface area contributed by atoms with Gasteiger partial charge < -0.3 is 0 Å². The first-order valence-electron chi connectivity index (χ1n) is 1.00. The molecule has 0 nitrogen and oxygen atoms in total. The van der Waals surface area contributed by atoms with Gasteiger partial charge >= 0.3 is 0 Å². The Hall–Kier alpha value is 2.12. The van der Waals surface area contributed by atoms with Gasteiger partial charge in [-0.05, 0) is 0 Å². The van der Waals surface area contributed by atoms with Crippen molar-refractivity contribution in [3.05, 3.63) is 0 Å². The van der Waals surface area contributed by atoms with Crippen molar-refractivity contribution >= 4 is 83.6 Å². The zero-order valence-electron chi connectivity index (χ0n) is 4.45. The van der Waals surface area contributed by atoms with Crippen LogP contribution in [0, 0.1) is 0 Å². The van der Waals surface area contributed by atoms with Crippen LogP contribution in [-0.4, -0.2) is 0 Å². The number of hydrogen-bond acceptors (Lipinski definition) is 0. The third-order valence-corrected chi connectivity index (χ3v) is 0. The minimum Gasteiger partial charge on any atom is -0.147 e. The molecular formula is C2H12Br2Cl4. The average molecular weight is 338 g/mol. The summed E-state index contributed by atoms with van der Waals surface area (Å²) in [7, 11) is 0. The van der Waals surface area contributed by atoms with Gasteiger partial charge in [0.25, 0.3) is 0 Å². The standard InChI is InChI=1S/C2H6.2BrH.4ClH/c1-2;;;;;;/h1-2H3;6*1H. The Morgan fingerprint density at radius 2 is 0.500 bits per heavy atom. The van der Waals surface area contributed by atoms with Crippen molar-refractivity contribution in [2.45, 2.75) is 13.8 Å². The van der Waals surface area contributed by atoms with E-state index in [1.54, 1.807) is 0 Å². The lowest BCUT2D eigenvalue weighted by molar-refractivity contribution is 1.50. The molecule has 0 rings (SSSR count). The molecule has 0 atom stereocenters. The van der Waals surface area contributed by atoms with E-state index in [0.717, 1.165) is 0 Å². The normalized spacial score (nSPS) is 0.750. The van der Waals surface area contributed by atoms with E-state index in [4.69, 9.17) is 0 Å². The van der Waals surface area contributed by atoms with Gasteiger partial charge in [0.1, 0.15) is 0 Å². The summed E-state index contributed by atoms with van der Waals surface area (Å²) in [5.74, 6) is 0. The van der Waals surface area contributed by atoms with E-state index in [-0.39, 0.29) is 83.6 Å².